The normalized spacial score (nSPS) is 10.0. The molecule has 0 aromatic rings. The number of hydrogen-bond acceptors (Lipinski definition) is 1. The van der Waals surface area contributed by atoms with Crippen LogP contribution in [0.5, 0.6) is 0 Å². The van der Waals surface area contributed by atoms with Crippen LogP contribution in [0.3, 0.4) is 0 Å². The van der Waals surface area contributed by atoms with Gasteiger partial charge in [0, 0.05) is 6.54 Å². The highest BCUT2D eigenvalue weighted by Gasteiger charge is 1.68. The van der Waals surface area contributed by atoms with Crippen molar-refractivity contribution in [3.63, 3.8) is 0 Å². The predicted octanol–water partition coefficient (Wildman–Crippen LogP) is 1.52. The van der Waals surface area contributed by atoms with Crippen LogP contribution in [0.2, 0.25) is 0 Å². The minimum absolute atomic E-state index is 1.09. The van der Waals surface area contributed by atoms with Gasteiger partial charge in [0.1, 0.15) is 0 Å². The molecular formula is C6H13N. The molecule has 0 unspecified atom stereocenters. The maximum absolute atomic E-state index is 3.10. The first-order chi connectivity index (χ1) is 3.41. The summed E-state index contributed by atoms with van der Waals surface area (Å²) in [5.74, 6) is 0. The van der Waals surface area contributed by atoms with E-state index in [0.29, 0.717) is 0 Å². The summed E-state index contributed by atoms with van der Waals surface area (Å²) < 4.78 is 0. The summed E-state index contributed by atoms with van der Waals surface area (Å²) in [6.07, 6.45) is 5.16. The van der Waals surface area contributed by atoms with Crippen molar-refractivity contribution in [2.45, 2.75) is 20.3 Å². The van der Waals surface area contributed by atoms with Crippen LogP contribution in [0.4, 0.5) is 0 Å². The fourth-order valence-electron chi connectivity index (χ4n) is 0.346. The van der Waals surface area contributed by atoms with E-state index in [1.807, 2.05) is 19.2 Å². The largest absolute Gasteiger partial charge is 0.391 e. The van der Waals surface area contributed by atoms with Gasteiger partial charge in [0.05, 0.1) is 0 Å². The summed E-state index contributed by atoms with van der Waals surface area (Å²) >= 11 is 0. The lowest BCUT2D eigenvalue weighted by Crippen LogP contribution is -2.03. The average molecular weight is 99.2 g/mol. The van der Waals surface area contributed by atoms with E-state index in [9.17, 15) is 0 Å². The predicted molar refractivity (Wildman–Crippen MR) is 33.1 cm³/mol. The minimum Gasteiger partial charge on any atom is -0.391 e. The molecule has 0 amide bonds. The van der Waals surface area contributed by atoms with E-state index in [2.05, 4.69) is 12.2 Å². The molecule has 42 valence electrons. The molecule has 0 aromatic heterocycles. The summed E-state index contributed by atoms with van der Waals surface area (Å²) in [7, 11) is 0. The van der Waals surface area contributed by atoms with E-state index in [1.165, 1.54) is 6.42 Å². The number of hydrogen-bond donors (Lipinski definition) is 1. The fourth-order valence-corrected chi connectivity index (χ4v) is 0.346. The average Bonchev–Trinajstić information content (AvgIpc) is 1.69. The summed E-state index contributed by atoms with van der Waals surface area (Å²) in [5, 5.41) is 3.10. The lowest BCUT2D eigenvalue weighted by molar-refractivity contribution is 0.808. The van der Waals surface area contributed by atoms with Crippen molar-refractivity contribution in [2.75, 3.05) is 6.54 Å². The fraction of sp³-hybridized carbons (Fsp3) is 0.667. The van der Waals surface area contributed by atoms with Gasteiger partial charge in [-0.3, -0.25) is 0 Å². The van der Waals surface area contributed by atoms with E-state index in [1.54, 1.807) is 0 Å². The van der Waals surface area contributed by atoms with Crippen molar-refractivity contribution in [2.24, 2.45) is 0 Å². The van der Waals surface area contributed by atoms with Gasteiger partial charge in [-0.25, -0.2) is 0 Å². The lowest BCUT2D eigenvalue weighted by atomic mass is 10.5. The monoisotopic (exact) mass is 99.1 g/mol. The molecule has 1 nitrogen and oxygen atoms in total. The Kier molecular flexibility index (Phi) is 5.18. The standard InChI is InChI=1S/C6H13N/c1-3-5-7-6-4-2/h3,5,7H,4,6H2,1-2H3/b5-3+. The van der Waals surface area contributed by atoms with Gasteiger partial charge in [-0.15, -0.1) is 0 Å². The Balaban J connectivity index is 2.69. The van der Waals surface area contributed by atoms with Gasteiger partial charge < -0.3 is 5.32 Å². The third-order valence-electron chi connectivity index (χ3n) is 0.679. The Bertz CT molecular complexity index is 48.1. The zero-order valence-corrected chi connectivity index (χ0v) is 5.07. The molecule has 0 aliphatic rings. The molecule has 0 aliphatic carbocycles. The molecule has 0 rings (SSSR count). The van der Waals surface area contributed by atoms with Gasteiger partial charge in [0.15, 0.2) is 0 Å². The van der Waals surface area contributed by atoms with Crippen LogP contribution in [-0.4, -0.2) is 6.54 Å². The molecule has 0 aliphatic heterocycles. The molecule has 0 spiro atoms. The summed E-state index contributed by atoms with van der Waals surface area (Å²) in [6, 6.07) is 0. The van der Waals surface area contributed by atoms with Crippen LogP contribution in [0.1, 0.15) is 20.3 Å². The second-order valence-corrected chi connectivity index (χ2v) is 1.45. The molecule has 1 heteroatoms. The molecule has 0 saturated heterocycles. The smallest absolute Gasteiger partial charge is 0.0138 e. The number of rotatable bonds is 3. The minimum atomic E-state index is 1.09. The highest BCUT2D eigenvalue weighted by atomic mass is 14.8. The Morgan fingerprint density at radius 1 is 1.57 bits per heavy atom. The van der Waals surface area contributed by atoms with Crippen molar-refractivity contribution >= 4 is 0 Å². The van der Waals surface area contributed by atoms with Crippen molar-refractivity contribution < 1.29 is 0 Å². The van der Waals surface area contributed by atoms with Gasteiger partial charge in [0.25, 0.3) is 0 Å². The van der Waals surface area contributed by atoms with E-state index >= 15 is 0 Å². The maximum Gasteiger partial charge on any atom is 0.0138 e. The molecule has 0 atom stereocenters. The third-order valence-corrected chi connectivity index (χ3v) is 0.679. The SMILES string of the molecule is C/C=C/NCCC. The Morgan fingerprint density at radius 3 is 2.71 bits per heavy atom. The van der Waals surface area contributed by atoms with Crippen LogP contribution in [0, 0.1) is 0 Å². The molecule has 0 radical (unpaired) electrons. The summed E-state index contributed by atoms with van der Waals surface area (Å²) in [5.41, 5.74) is 0. The maximum atomic E-state index is 3.10. The Labute approximate surface area is 45.4 Å². The van der Waals surface area contributed by atoms with Crippen LogP contribution in [0.15, 0.2) is 12.3 Å². The van der Waals surface area contributed by atoms with Gasteiger partial charge in [-0.05, 0) is 19.5 Å². The van der Waals surface area contributed by atoms with Crippen LogP contribution < -0.4 is 5.32 Å². The van der Waals surface area contributed by atoms with Crippen LogP contribution in [-0.2, 0) is 0 Å². The van der Waals surface area contributed by atoms with E-state index in [4.69, 9.17) is 0 Å². The Morgan fingerprint density at radius 2 is 2.29 bits per heavy atom. The lowest BCUT2D eigenvalue weighted by Gasteiger charge is -1.91. The van der Waals surface area contributed by atoms with Crippen LogP contribution in [0.25, 0.3) is 0 Å². The van der Waals surface area contributed by atoms with Gasteiger partial charge in [-0.2, -0.15) is 0 Å². The molecule has 7 heavy (non-hydrogen) atoms. The molecule has 0 bridgehead atoms. The van der Waals surface area contributed by atoms with Crippen molar-refractivity contribution in [3.8, 4) is 0 Å². The van der Waals surface area contributed by atoms with E-state index in [0.717, 1.165) is 6.54 Å². The zero-order chi connectivity index (χ0) is 5.54. The second-order valence-electron chi connectivity index (χ2n) is 1.45. The number of allylic oxidation sites excluding steroid dienone is 1. The highest BCUT2D eigenvalue weighted by molar-refractivity contribution is 4.72. The van der Waals surface area contributed by atoms with Crippen LogP contribution >= 0.6 is 0 Å². The van der Waals surface area contributed by atoms with Crippen molar-refractivity contribution in [1.29, 1.82) is 0 Å². The first-order valence-corrected chi connectivity index (χ1v) is 2.76. The first-order valence-electron chi connectivity index (χ1n) is 2.76. The molecule has 0 heterocycles. The summed E-state index contributed by atoms with van der Waals surface area (Å²) in [6.45, 7) is 5.24. The molecule has 0 aromatic carbocycles. The summed E-state index contributed by atoms with van der Waals surface area (Å²) in [4.78, 5) is 0. The molecule has 1 N–H and O–H groups in total. The quantitative estimate of drug-likeness (QED) is 0.529. The Hall–Kier alpha value is -0.460. The topological polar surface area (TPSA) is 12.0 Å². The van der Waals surface area contributed by atoms with Gasteiger partial charge >= 0.3 is 0 Å². The molecular weight excluding hydrogens is 86.1 g/mol. The highest BCUT2D eigenvalue weighted by Crippen LogP contribution is 1.68. The van der Waals surface area contributed by atoms with Crippen molar-refractivity contribution in [1.82, 2.24) is 5.32 Å². The van der Waals surface area contributed by atoms with Gasteiger partial charge in [0.2, 0.25) is 0 Å². The van der Waals surface area contributed by atoms with E-state index in [-0.39, 0.29) is 0 Å². The molecule has 0 saturated carbocycles. The molecule has 0 fully saturated rings. The van der Waals surface area contributed by atoms with E-state index < -0.39 is 0 Å². The van der Waals surface area contributed by atoms with Gasteiger partial charge in [-0.1, -0.05) is 13.0 Å². The third kappa shape index (κ3) is 5.54. The second kappa shape index (κ2) is 5.54. The zero-order valence-electron chi connectivity index (χ0n) is 5.07. The van der Waals surface area contributed by atoms with Crippen molar-refractivity contribution in [3.05, 3.63) is 12.3 Å². The first kappa shape index (κ1) is 6.54. The number of nitrogens with one attached hydrogen (secondary N) is 1.